The summed E-state index contributed by atoms with van der Waals surface area (Å²) in [6.07, 6.45) is 0. The Morgan fingerprint density at radius 1 is 1.50 bits per heavy atom. The number of aryl methyl sites for hydroxylation is 1. The fraction of sp³-hybridized carbons (Fsp3) is 0.400. The van der Waals surface area contributed by atoms with Gasteiger partial charge in [-0.25, -0.2) is 4.98 Å². The van der Waals surface area contributed by atoms with E-state index >= 15 is 0 Å². The van der Waals surface area contributed by atoms with Gasteiger partial charge in [-0.2, -0.15) is 5.26 Å². The van der Waals surface area contributed by atoms with E-state index in [-0.39, 0.29) is 0 Å². The minimum Gasteiger partial charge on any atom is -0.244 e. The Morgan fingerprint density at radius 3 is 2.64 bits per heavy atom. The van der Waals surface area contributed by atoms with Gasteiger partial charge in [0.15, 0.2) is 0 Å². The highest BCUT2D eigenvalue weighted by Crippen LogP contribution is 2.29. The highest BCUT2D eigenvalue weighted by molar-refractivity contribution is 7.99. The van der Waals surface area contributed by atoms with E-state index in [9.17, 15) is 0 Å². The molecule has 74 valence electrons. The molecule has 1 rings (SSSR count). The molecular weight excluding hydrogens is 216 g/mol. The lowest BCUT2D eigenvalue weighted by atomic mass is 10.1. The number of nitrogens with zero attached hydrogens (tertiary/aromatic N) is 2. The van der Waals surface area contributed by atoms with E-state index in [1.807, 2.05) is 20.8 Å². The minimum atomic E-state index is 0.599. The zero-order chi connectivity index (χ0) is 10.7. The van der Waals surface area contributed by atoms with Crippen LogP contribution in [0.3, 0.4) is 0 Å². The third-order valence-electron chi connectivity index (χ3n) is 1.90. The number of nitriles is 1. The van der Waals surface area contributed by atoms with E-state index in [0.29, 0.717) is 10.6 Å². The number of hydrogen-bond donors (Lipinski definition) is 0. The van der Waals surface area contributed by atoms with E-state index in [1.54, 1.807) is 11.8 Å². The molecule has 0 aliphatic rings. The SMILES string of the molecule is CCSc1nc(C)c(Cl)c(C)c1C#N. The van der Waals surface area contributed by atoms with Crippen molar-refractivity contribution in [1.29, 1.82) is 5.26 Å². The number of aromatic nitrogens is 1. The second kappa shape index (κ2) is 4.68. The van der Waals surface area contributed by atoms with Crippen LogP contribution < -0.4 is 0 Å². The molecule has 0 aromatic carbocycles. The topological polar surface area (TPSA) is 36.7 Å². The Hall–Kier alpha value is -0.720. The molecule has 0 N–H and O–H groups in total. The van der Waals surface area contributed by atoms with Crippen molar-refractivity contribution >= 4 is 23.4 Å². The van der Waals surface area contributed by atoms with Crippen LogP contribution >= 0.6 is 23.4 Å². The molecule has 14 heavy (non-hydrogen) atoms. The first-order valence-electron chi connectivity index (χ1n) is 4.31. The summed E-state index contributed by atoms with van der Waals surface area (Å²) in [5.74, 6) is 0.905. The highest BCUT2D eigenvalue weighted by Gasteiger charge is 2.12. The van der Waals surface area contributed by atoms with E-state index in [1.165, 1.54) is 0 Å². The molecule has 0 fully saturated rings. The van der Waals surface area contributed by atoms with E-state index < -0.39 is 0 Å². The fourth-order valence-electron chi connectivity index (χ4n) is 1.17. The summed E-state index contributed by atoms with van der Waals surface area (Å²) in [6, 6.07) is 2.15. The minimum absolute atomic E-state index is 0.599. The van der Waals surface area contributed by atoms with E-state index in [0.717, 1.165) is 22.0 Å². The monoisotopic (exact) mass is 226 g/mol. The summed E-state index contributed by atoms with van der Waals surface area (Å²) in [7, 11) is 0. The van der Waals surface area contributed by atoms with Gasteiger partial charge in [0.2, 0.25) is 0 Å². The maximum absolute atomic E-state index is 8.98. The van der Waals surface area contributed by atoms with Crippen molar-refractivity contribution in [1.82, 2.24) is 4.98 Å². The van der Waals surface area contributed by atoms with Crippen LogP contribution in [-0.4, -0.2) is 10.7 Å². The Kier molecular flexibility index (Phi) is 3.79. The van der Waals surface area contributed by atoms with Gasteiger partial charge >= 0.3 is 0 Å². The molecule has 0 atom stereocenters. The summed E-state index contributed by atoms with van der Waals surface area (Å²) < 4.78 is 0. The zero-order valence-corrected chi connectivity index (χ0v) is 9.96. The number of pyridine rings is 1. The first kappa shape index (κ1) is 11.4. The summed E-state index contributed by atoms with van der Waals surface area (Å²) in [5.41, 5.74) is 2.23. The van der Waals surface area contributed by atoms with Gasteiger partial charge in [0.1, 0.15) is 11.1 Å². The lowest BCUT2D eigenvalue weighted by molar-refractivity contribution is 1.03. The average Bonchev–Trinajstić information content (AvgIpc) is 2.16. The number of thioether (sulfide) groups is 1. The lowest BCUT2D eigenvalue weighted by Crippen LogP contribution is -1.96. The van der Waals surface area contributed by atoms with Crippen LogP contribution in [0, 0.1) is 25.2 Å². The summed E-state index contributed by atoms with van der Waals surface area (Å²) in [6.45, 7) is 5.75. The Labute approximate surface area is 93.3 Å². The highest BCUT2D eigenvalue weighted by atomic mass is 35.5. The molecule has 0 aliphatic carbocycles. The fourth-order valence-corrected chi connectivity index (χ4v) is 2.13. The molecular formula is C10H11ClN2S. The Morgan fingerprint density at radius 2 is 2.14 bits per heavy atom. The molecule has 0 amide bonds. The maximum Gasteiger partial charge on any atom is 0.114 e. The Bertz CT molecular complexity index is 396. The average molecular weight is 227 g/mol. The first-order chi connectivity index (χ1) is 6.61. The number of halogens is 1. The first-order valence-corrected chi connectivity index (χ1v) is 5.67. The molecule has 4 heteroatoms. The smallest absolute Gasteiger partial charge is 0.114 e. The molecule has 0 spiro atoms. The van der Waals surface area contributed by atoms with Crippen molar-refractivity contribution in [2.24, 2.45) is 0 Å². The van der Waals surface area contributed by atoms with Crippen molar-refractivity contribution in [3.05, 3.63) is 21.8 Å². The number of rotatable bonds is 2. The van der Waals surface area contributed by atoms with Crippen LogP contribution in [0.25, 0.3) is 0 Å². The number of hydrogen-bond acceptors (Lipinski definition) is 3. The molecule has 2 nitrogen and oxygen atoms in total. The molecule has 0 bridgehead atoms. The van der Waals surface area contributed by atoms with Gasteiger partial charge in [-0.3, -0.25) is 0 Å². The molecule has 0 aliphatic heterocycles. The lowest BCUT2D eigenvalue weighted by Gasteiger charge is -2.08. The van der Waals surface area contributed by atoms with Crippen LogP contribution in [0.15, 0.2) is 5.03 Å². The van der Waals surface area contributed by atoms with Crippen molar-refractivity contribution in [3.8, 4) is 6.07 Å². The van der Waals surface area contributed by atoms with Gasteiger partial charge < -0.3 is 0 Å². The third-order valence-corrected chi connectivity index (χ3v) is 3.31. The van der Waals surface area contributed by atoms with Gasteiger partial charge in [-0.1, -0.05) is 18.5 Å². The van der Waals surface area contributed by atoms with Gasteiger partial charge in [0.05, 0.1) is 16.3 Å². The molecule has 1 aromatic heterocycles. The summed E-state index contributed by atoms with van der Waals surface area (Å²) >= 11 is 7.58. The Balaban J connectivity index is 3.38. The standard InChI is InChI=1S/C10H11ClN2S/c1-4-14-10-8(5-12)6(2)9(11)7(3)13-10/h4H2,1-3H3. The van der Waals surface area contributed by atoms with Crippen molar-refractivity contribution in [3.63, 3.8) is 0 Å². The quantitative estimate of drug-likeness (QED) is 0.726. The second-order valence-electron chi connectivity index (χ2n) is 2.86. The van der Waals surface area contributed by atoms with Crippen molar-refractivity contribution in [2.75, 3.05) is 5.75 Å². The predicted molar refractivity (Wildman–Crippen MR) is 59.8 cm³/mol. The summed E-state index contributed by atoms with van der Waals surface area (Å²) in [4.78, 5) is 4.30. The van der Waals surface area contributed by atoms with Crippen LogP contribution in [0.1, 0.15) is 23.7 Å². The van der Waals surface area contributed by atoms with E-state index in [2.05, 4.69) is 11.1 Å². The van der Waals surface area contributed by atoms with Gasteiger partial charge in [-0.15, -0.1) is 11.8 Å². The molecule has 0 radical (unpaired) electrons. The van der Waals surface area contributed by atoms with Gasteiger partial charge in [0.25, 0.3) is 0 Å². The van der Waals surface area contributed by atoms with Crippen LogP contribution in [0.2, 0.25) is 5.02 Å². The largest absolute Gasteiger partial charge is 0.244 e. The molecule has 0 unspecified atom stereocenters. The van der Waals surface area contributed by atoms with Gasteiger partial charge in [0, 0.05) is 0 Å². The second-order valence-corrected chi connectivity index (χ2v) is 4.49. The van der Waals surface area contributed by atoms with Crippen LogP contribution in [0.4, 0.5) is 0 Å². The summed E-state index contributed by atoms with van der Waals surface area (Å²) in [5, 5.41) is 10.4. The molecule has 0 saturated carbocycles. The van der Waals surface area contributed by atoms with Crippen molar-refractivity contribution < 1.29 is 0 Å². The van der Waals surface area contributed by atoms with Crippen LogP contribution in [0.5, 0.6) is 0 Å². The van der Waals surface area contributed by atoms with Crippen molar-refractivity contribution in [2.45, 2.75) is 25.8 Å². The molecule has 1 aromatic rings. The van der Waals surface area contributed by atoms with Crippen LogP contribution in [-0.2, 0) is 0 Å². The molecule has 0 saturated heterocycles. The van der Waals surface area contributed by atoms with E-state index in [4.69, 9.17) is 16.9 Å². The normalized spacial score (nSPS) is 9.93. The zero-order valence-electron chi connectivity index (χ0n) is 8.39. The maximum atomic E-state index is 8.98. The predicted octanol–water partition coefficient (Wildman–Crippen LogP) is 3.34. The third kappa shape index (κ3) is 2.02. The molecule has 1 heterocycles. The van der Waals surface area contributed by atoms with Gasteiger partial charge in [-0.05, 0) is 25.2 Å².